The molecule has 2 heterocycles. The zero-order chi connectivity index (χ0) is 14.0. The molecule has 2 aliphatic rings. The molecule has 0 spiro atoms. The molecule has 19 heavy (non-hydrogen) atoms. The Morgan fingerprint density at radius 1 is 1.68 bits per heavy atom. The first kappa shape index (κ1) is 14.8. The van der Waals surface area contributed by atoms with Crippen molar-refractivity contribution < 1.29 is 23.7 Å². The normalized spacial score (nSPS) is 35.4. The van der Waals surface area contributed by atoms with Gasteiger partial charge >= 0.3 is 0 Å². The van der Waals surface area contributed by atoms with Crippen molar-refractivity contribution in [2.24, 2.45) is 0 Å². The highest BCUT2D eigenvalue weighted by molar-refractivity contribution is 7.23. The third kappa shape index (κ3) is 2.93. The van der Waals surface area contributed by atoms with Gasteiger partial charge in [-0.3, -0.25) is 14.3 Å². The summed E-state index contributed by atoms with van der Waals surface area (Å²) >= 11 is 0. The van der Waals surface area contributed by atoms with Gasteiger partial charge in [-0.25, -0.2) is 0 Å². The molecule has 1 unspecified atom stereocenters. The van der Waals surface area contributed by atoms with Crippen LogP contribution in [-0.2, 0) is 18.6 Å². The summed E-state index contributed by atoms with van der Waals surface area (Å²) in [4.78, 5) is 13.3. The third-order valence-electron chi connectivity index (χ3n) is 3.14. The summed E-state index contributed by atoms with van der Waals surface area (Å²) in [5, 5.41) is 10.0. The molecular weight excluding hydrogens is 288 g/mol. The Kier molecular flexibility index (Phi) is 4.82. The van der Waals surface area contributed by atoms with Gasteiger partial charge in [0.25, 0.3) is 0 Å². The van der Waals surface area contributed by atoms with E-state index in [9.17, 15) is 14.5 Å². The lowest BCUT2D eigenvalue weighted by Gasteiger charge is -2.31. The van der Waals surface area contributed by atoms with Gasteiger partial charge in [0, 0.05) is 15.7 Å². The molecule has 104 valence electrons. The molecule has 1 amide bonds. The summed E-state index contributed by atoms with van der Waals surface area (Å²) in [6, 6.07) is 0. The minimum atomic E-state index is -0.935. The first-order chi connectivity index (χ1) is 9.08. The molecule has 1 fully saturated rings. The smallest absolute Gasteiger partial charge is 0.233 e. The zero-order valence-corrected chi connectivity index (χ0v) is 12.2. The van der Waals surface area contributed by atoms with Gasteiger partial charge < -0.3 is 14.4 Å². The second-order valence-electron chi connectivity index (χ2n) is 4.42. The highest BCUT2D eigenvalue weighted by Crippen LogP contribution is 2.31. The summed E-state index contributed by atoms with van der Waals surface area (Å²) in [6.45, 7) is 3.72. The van der Waals surface area contributed by atoms with Crippen molar-refractivity contribution >= 4 is 23.8 Å². The number of rotatable bonds is 4. The molecule has 0 saturated carbocycles. The van der Waals surface area contributed by atoms with Crippen LogP contribution in [-0.4, -0.2) is 46.6 Å². The number of aliphatic hydroxyl groups excluding tert-OH is 1. The standard InChI is InChI=1S/C11H15NO5P2/c1-6-2-3-12(8(13)4-6)11-10(17-18)9(14)7(16-11)5-19-15/h2-3,7,9-11,14H,1,4-5,18H2/t7-,9-,10-,11-/m1/s1. The Balaban J connectivity index is 2.19. The van der Waals surface area contributed by atoms with Gasteiger partial charge in [0.1, 0.15) is 12.2 Å². The van der Waals surface area contributed by atoms with Crippen molar-refractivity contribution in [2.75, 3.05) is 6.16 Å². The van der Waals surface area contributed by atoms with Gasteiger partial charge in [-0.15, -0.1) is 0 Å². The average Bonchev–Trinajstić information content (AvgIpc) is 2.67. The van der Waals surface area contributed by atoms with Crippen LogP contribution in [0.1, 0.15) is 6.42 Å². The first-order valence-corrected chi connectivity index (χ1v) is 7.20. The van der Waals surface area contributed by atoms with Crippen molar-refractivity contribution in [1.82, 2.24) is 4.90 Å². The van der Waals surface area contributed by atoms with Crippen LogP contribution in [0.25, 0.3) is 0 Å². The Morgan fingerprint density at radius 3 is 3.00 bits per heavy atom. The monoisotopic (exact) mass is 303 g/mol. The van der Waals surface area contributed by atoms with Crippen LogP contribution < -0.4 is 0 Å². The van der Waals surface area contributed by atoms with E-state index in [1.165, 1.54) is 4.90 Å². The number of carbonyl (C=O) groups is 1. The molecule has 8 heteroatoms. The highest BCUT2D eigenvalue weighted by Gasteiger charge is 2.47. The van der Waals surface area contributed by atoms with E-state index in [1.54, 1.807) is 12.3 Å². The Morgan fingerprint density at radius 2 is 2.42 bits per heavy atom. The SMILES string of the molecule is C=C1C=CN([C@@H]2O[C@H](CP=O)[C@@H](O)[C@H]2OP)C(=O)C1. The predicted octanol–water partition coefficient (Wildman–Crippen LogP) is 0.841. The lowest BCUT2D eigenvalue weighted by molar-refractivity contribution is -0.142. The van der Waals surface area contributed by atoms with E-state index in [0.717, 1.165) is 5.57 Å². The van der Waals surface area contributed by atoms with E-state index in [4.69, 9.17) is 9.26 Å². The zero-order valence-electron chi connectivity index (χ0n) is 10.1. The van der Waals surface area contributed by atoms with Gasteiger partial charge in [-0.2, -0.15) is 0 Å². The van der Waals surface area contributed by atoms with Gasteiger partial charge in [0.2, 0.25) is 5.91 Å². The van der Waals surface area contributed by atoms with E-state index in [1.807, 2.05) is 0 Å². The number of aliphatic hydroxyl groups is 1. The second-order valence-corrected chi connectivity index (χ2v) is 5.32. The van der Waals surface area contributed by atoms with E-state index in [2.05, 4.69) is 16.0 Å². The molecule has 0 aromatic carbocycles. The lowest BCUT2D eigenvalue weighted by Crippen LogP contribution is -2.45. The van der Waals surface area contributed by atoms with Crippen molar-refractivity contribution in [1.29, 1.82) is 0 Å². The molecule has 2 rings (SSSR count). The number of allylic oxidation sites excluding steroid dienone is 1. The summed E-state index contributed by atoms with van der Waals surface area (Å²) < 4.78 is 21.4. The van der Waals surface area contributed by atoms with Gasteiger partial charge in [-0.1, -0.05) is 6.58 Å². The molecule has 0 aromatic rings. The number of nitrogens with zero attached hydrogens (tertiary/aromatic N) is 1. The summed E-state index contributed by atoms with van der Waals surface area (Å²) in [7, 11) is 1.94. The van der Waals surface area contributed by atoms with Crippen molar-refractivity contribution in [2.45, 2.75) is 31.0 Å². The minimum absolute atomic E-state index is 0.122. The van der Waals surface area contributed by atoms with Crippen LogP contribution in [0, 0.1) is 0 Å². The summed E-state index contributed by atoms with van der Waals surface area (Å²) in [5.41, 5.74) is 0.720. The molecular formula is C11H15NO5P2. The van der Waals surface area contributed by atoms with Gasteiger partial charge in [-0.05, 0) is 11.6 Å². The molecule has 6 nitrogen and oxygen atoms in total. The largest absolute Gasteiger partial charge is 0.387 e. The maximum absolute atomic E-state index is 12.0. The van der Waals surface area contributed by atoms with Crippen LogP contribution in [0.15, 0.2) is 24.4 Å². The quantitative estimate of drug-likeness (QED) is 0.779. The second kappa shape index (κ2) is 6.21. The maximum Gasteiger partial charge on any atom is 0.233 e. The molecule has 0 bridgehead atoms. The molecule has 0 aliphatic carbocycles. The van der Waals surface area contributed by atoms with Crippen molar-refractivity contribution in [3.63, 3.8) is 0 Å². The molecule has 1 saturated heterocycles. The van der Waals surface area contributed by atoms with E-state index in [0.29, 0.717) is 0 Å². The van der Waals surface area contributed by atoms with E-state index in [-0.39, 0.29) is 27.0 Å². The molecule has 5 atom stereocenters. The number of ether oxygens (including phenoxy) is 1. The van der Waals surface area contributed by atoms with Gasteiger partial charge in [0.05, 0.1) is 18.7 Å². The van der Waals surface area contributed by atoms with Crippen molar-refractivity contribution in [3.8, 4) is 0 Å². The first-order valence-electron chi connectivity index (χ1n) is 5.73. The summed E-state index contributed by atoms with van der Waals surface area (Å²) in [6.07, 6.45) is 0.667. The summed E-state index contributed by atoms with van der Waals surface area (Å²) in [5.74, 6) is -0.169. The fourth-order valence-electron chi connectivity index (χ4n) is 2.15. The average molecular weight is 303 g/mol. The number of hydrogen-bond donors (Lipinski definition) is 1. The highest BCUT2D eigenvalue weighted by atomic mass is 31.1. The van der Waals surface area contributed by atoms with E-state index >= 15 is 0 Å². The fraction of sp³-hybridized carbons (Fsp3) is 0.545. The Labute approximate surface area is 114 Å². The Bertz CT molecular complexity index is 427. The fourth-order valence-corrected chi connectivity index (χ4v) is 2.90. The topological polar surface area (TPSA) is 76.1 Å². The lowest BCUT2D eigenvalue weighted by atomic mass is 10.1. The van der Waals surface area contributed by atoms with Crippen LogP contribution in [0.4, 0.5) is 0 Å². The Hall–Kier alpha value is -0.640. The molecule has 1 N–H and O–H groups in total. The molecule has 0 radical (unpaired) electrons. The number of amides is 1. The predicted molar refractivity (Wildman–Crippen MR) is 71.5 cm³/mol. The van der Waals surface area contributed by atoms with Gasteiger partial charge in [0.15, 0.2) is 14.7 Å². The van der Waals surface area contributed by atoms with Crippen LogP contribution >= 0.6 is 17.9 Å². The van der Waals surface area contributed by atoms with Crippen LogP contribution in [0.3, 0.4) is 0 Å². The third-order valence-corrected chi connectivity index (χ3v) is 3.96. The van der Waals surface area contributed by atoms with E-state index < -0.39 is 24.5 Å². The van der Waals surface area contributed by atoms with Crippen LogP contribution in [0.5, 0.6) is 0 Å². The van der Waals surface area contributed by atoms with Crippen molar-refractivity contribution in [3.05, 3.63) is 24.4 Å². The molecule has 0 aromatic heterocycles. The maximum atomic E-state index is 12.0. The number of hydrogen-bond acceptors (Lipinski definition) is 5. The molecule has 2 aliphatic heterocycles. The van der Waals surface area contributed by atoms with Crippen LogP contribution in [0.2, 0.25) is 0 Å². The number of carbonyl (C=O) groups excluding carboxylic acids is 1. The minimum Gasteiger partial charge on any atom is -0.387 e.